The predicted molar refractivity (Wildman–Crippen MR) is 141 cm³/mol. The maximum atomic E-state index is 12.5. The number of rotatable bonds is 8. The molecule has 0 atom stereocenters. The first-order valence-corrected chi connectivity index (χ1v) is 13.4. The van der Waals surface area contributed by atoms with Gasteiger partial charge >= 0.3 is 0 Å². The minimum absolute atomic E-state index is 0.236. The first-order chi connectivity index (χ1) is 17.0. The second-order valence-electron chi connectivity index (χ2n) is 8.55. The number of benzene rings is 2. The monoisotopic (exact) mass is 490 g/mol. The number of anilines is 2. The minimum atomic E-state index is -3.67. The number of nitrogens with one attached hydrogen (secondary N) is 2. The first kappa shape index (κ1) is 24.5. The van der Waals surface area contributed by atoms with Crippen molar-refractivity contribution >= 4 is 33.5 Å². The summed E-state index contributed by atoms with van der Waals surface area (Å²) in [6, 6.07) is 19.5. The lowest BCUT2D eigenvalue weighted by Crippen LogP contribution is -2.25. The lowest BCUT2D eigenvalue weighted by atomic mass is 10.2. The van der Waals surface area contributed by atoms with E-state index < -0.39 is 10.0 Å². The number of amides is 1. The molecule has 0 saturated carbocycles. The average Bonchev–Trinajstić information content (AvgIpc) is 3.17. The van der Waals surface area contributed by atoms with Crippen molar-refractivity contribution in [1.29, 1.82) is 0 Å². The Balaban J connectivity index is 1.29. The van der Waals surface area contributed by atoms with E-state index in [0.717, 1.165) is 35.4 Å². The summed E-state index contributed by atoms with van der Waals surface area (Å²) in [7, 11) is -3.67. The van der Waals surface area contributed by atoms with E-state index in [2.05, 4.69) is 19.9 Å². The van der Waals surface area contributed by atoms with Gasteiger partial charge in [-0.1, -0.05) is 49.2 Å². The smallest absolute Gasteiger partial charge is 0.255 e. The van der Waals surface area contributed by atoms with Crippen LogP contribution in [0.1, 0.15) is 47.2 Å². The highest BCUT2D eigenvalue weighted by Crippen LogP contribution is 2.18. The molecule has 0 bridgehead atoms. The third kappa shape index (κ3) is 7.42. The zero-order valence-electron chi connectivity index (χ0n) is 19.6. The molecule has 3 aromatic rings. The van der Waals surface area contributed by atoms with Gasteiger partial charge in [0.1, 0.15) is 5.82 Å². The zero-order chi connectivity index (χ0) is 24.5. The summed E-state index contributed by atoms with van der Waals surface area (Å²) in [5.74, 6) is 0.749. The maximum absolute atomic E-state index is 12.5. The van der Waals surface area contributed by atoms with Crippen molar-refractivity contribution in [3.05, 3.63) is 95.0 Å². The van der Waals surface area contributed by atoms with Gasteiger partial charge in [-0.2, -0.15) is 0 Å². The molecule has 2 aromatic carbocycles. The maximum Gasteiger partial charge on any atom is 0.255 e. The van der Waals surface area contributed by atoms with Gasteiger partial charge in [0.05, 0.1) is 5.41 Å². The molecule has 8 heteroatoms. The van der Waals surface area contributed by atoms with Crippen LogP contribution in [0.2, 0.25) is 0 Å². The summed E-state index contributed by atoms with van der Waals surface area (Å²) in [5.41, 5.74) is 2.54. The Morgan fingerprint density at radius 1 is 0.914 bits per heavy atom. The number of hydrogen-bond acceptors (Lipinski definition) is 5. The molecule has 1 saturated heterocycles. The molecular weight excluding hydrogens is 460 g/mol. The predicted octanol–water partition coefficient (Wildman–Crippen LogP) is 4.80. The van der Waals surface area contributed by atoms with Crippen molar-refractivity contribution in [2.75, 3.05) is 22.7 Å². The summed E-state index contributed by atoms with van der Waals surface area (Å²) >= 11 is 0. The number of aromatic nitrogens is 1. The molecule has 1 aliphatic rings. The van der Waals surface area contributed by atoms with Crippen molar-refractivity contribution in [3.63, 3.8) is 0 Å². The molecule has 2 heterocycles. The quantitative estimate of drug-likeness (QED) is 0.473. The van der Waals surface area contributed by atoms with Gasteiger partial charge < -0.3 is 10.2 Å². The van der Waals surface area contributed by atoms with E-state index in [1.807, 2.05) is 42.5 Å². The Labute approximate surface area is 207 Å². The number of sulfonamides is 1. The molecule has 7 nitrogen and oxygen atoms in total. The summed E-state index contributed by atoms with van der Waals surface area (Å²) < 4.78 is 27.1. The fourth-order valence-electron chi connectivity index (χ4n) is 3.91. The van der Waals surface area contributed by atoms with Gasteiger partial charge in [0.15, 0.2) is 0 Å². The number of carbonyl (C=O) groups excluding carboxylic acids is 1. The molecule has 0 unspecified atom stereocenters. The lowest BCUT2D eigenvalue weighted by molar-refractivity contribution is 0.0951. The fourth-order valence-corrected chi connectivity index (χ4v) is 4.78. The van der Waals surface area contributed by atoms with Crippen LogP contribution >= 0.6 is 0 Å². The highest BCUT2D eigenvalue weighted by molar-refractivity contribution is 7.95. The second kappa shape index (κ2) is 11.7. The van der Waals surface area contributed by atoms with E-state index in [-0.39, 0.29) is 5.91 Å². The summed E-state index contributed by atoms with van der Waals surface area (Å²) in [6.07, 6.45) is 8.28. The zero-order valence-corrected chi connectivity index (χ0v) is 20.4. The Bertz CT molecular complexity index is 1230. The molecule has 0 spiro atoms. The van der Waals surface area contributed by atoms with Crippen molar-refractivity contribution in [3.8, 4) is 0 Å². The highest BCUT2D eigenvalue weighted by Gasteiger charge is 2.12. The first-order valence-electron chi connectivity index (χ1n) is 11.8. The van der Waals surface area contributed by atoms with E-state index in [0.29, 0.717) is 17.8 Å². The molecule has 35 heavy (non-hydrogen) atoms. The molecule has 182 valence electrons. The lowest BCUT2D eigenvalue weighted by Gasteiger charge is -2.21. The van der Waals surface area contributed by atoms with Crippen LogP contribution < -0.4 is 14.9 Å². The van der Waals surface area contributed by atoms with Gasteiger partial charge in [-0.15, -0.1) is 0 Å². The summed E-state index contributed by atoms with van der Waals surface area (Å²) in [4.78, 5) is 19.4. The van der Waals surface area contributed by atoms with Crippen LogP contribution in [0.25, 0.3) is 6.08 Å². The largest absolute Gasteiger partial charge is 0.357 e. The van der Waals surface area contributed by atoms with Crippen LogP contribution in [0.4, 0.5) is 11.5 Å². The third-order valence-corrected chi connectivity index (χ3v) is 6.85. The van der Waals surface area contributed by atoms with Gasteiger partial charge in [0, 0.05) is 37.1 Å². The SMILES string of the molecule is O=C(NCc1ccc(N2CCCCCC2)nc1)c1ccc(NS(=O)(=O)C=Cc2ccccc2)cc1. The Hall–Kier alpha value is -3.65. The molecule has 1 aromatic heterocycles. The molecule has 1 aliphatic heterocycles. The minimum Gasteiger partial charge on any atom is -0.357 e. The van der Waals surface area contributed by atoms with Crippen LogP contribution in [-0.4, -0.2) is 32.4 Å². The number of carbonyl (C=O) groups is 1. The van der Waals surface area contributed by atoms with Crippen molar-refractivity contribution in [2.24, 2.45) is 0 Å². The number of nitrogens with zero attached hydrogens (tertiary/aromatic N) is 2. The van der Waals surface area contributed by atoms with Crippen LogP contribution in [0.5, 0.6) is 0 Å². The van der Waals surface area contributed by atoms with E-state index in [1.54, 1.807) is 30.5 Å². The van der Waals surface area contributed by atoms with Crippen molar-refractivity contribution in [1.82, 2.24) is 10.3 Å². The van der Waals surface area contributed by atoms with E-state index in [1.165, 1.54) is 31.8 Å². The third-order valence-electron chi connectivity index (χ3n) is 5.84. The Kier molecular flexibility index (Phi) is 8.15. The Morgan fingerprint density at radius 2 is 1.63 bits per heavy atom. The number of pyridine rings is 1. The van der Waals surface area contributed by atoms with E-state index >= 15 is 0 Å². The molecule has 1 amide bonds. The van der Waals surface area contributed by atoms with Crippen LogP contribution in [0.15, 0.2) is 78.3 Å². The van der Waals surface area contributed by atoms with Gasteiger partial charge in [0.25, 0.3) is 15.9 Å². The Morgan fingerprint density at radius 3 is 2.29 bits per heavy atom. The van der Waals surface area contributed by atoms with E-state index in [4.69, 9.17) is 0 Å². The number of hydrogen-bond donors (Lipinski definition) is 2. The highest BCUT2D eigenvalue weighted by atomic mass is 32.2. The molecule has 0 aliphatic carbocycles. The van der Waals surface area contributed by atoms with Gasteiger partial charge in [-0.25, -0.2) is 13.4 Å². The van der Waals surface area contributed by atoms with E-state index in [9.17, 15) is 13.2 Å². The van der Waals surface area contributed by atoms with Gasteiger partial charge in [-0.3, -0.25) is 9.52 Å². The van der Waals surface area contributed by atoms with Gasteiger partial charge in [0.2, 0.25) is 0 Å². The standard InChI is InChI=1S/C27H30N4O3S/c32-27(29-21-23-10-15-26(28-20-23)31-17-6-1-2-7-18-31)24-11-13-25(14-12-24)30-35(33,34)19-16-22-8-4-3-5-9-22/h3-5,8-16,19-20,30H,1-2,6-7,17-18,21H2,(H,29,32). The van der Waals surface area contributed by atoms with Gasteiger partial charge in [-0.05, 0) is 60.4 Å². The summed E-state index contributed by atoms with van der Waals surface area (Å²) in [6.45, 7) is 2.45. The average molecular weight is 491 g/mol. The normalized spacial score (nSPS) is 14.5. The van der Waals surface area contributed by atoms with Crippen LogP contribution in [0, 0.1) is 0 Å². The molecule has 2 N–H and O–H groups in total. The van der Waals surface area contributed by atoms with Crippen molar-refractivity contribution in [2.45, 2.75) is 32.2 Å². The molecular formula is C27H30N4O3S. The second-order valence-corrected chi connectivity index (χ2v) is 10.1. The molecule has 0 radical (unpaired) electrons. The topological polar surface area (TPSA) is 91.4 Å². The fraction of sp³-hybridized carbons (Fsp3) is 0.259. The molecule has 4 rings (SSSR count). The summed E-state index contributed by atoms with van der Waals surface area (Å²) in [5, 5.41) is 4.01. The van der Waals surface area contributed by atoms with Crippen molar-refractivity contribution < 1.29 is 13.2 Å². The molecule has 1 fully saturated rings. The van der Waals surface area contributed by atoms with Crippen LogP contribution in [-0.2, 0) is 16.6 Å². The van der Waals surface area contributed by atoms with Crippen LogP contribution in [0.3, 0.4) is 0 Å².